The van der Waals surface area contributed by atoms with Crippen LogP contribution in [0.1, 0.15) is 22.6 Å². The summed E-state index contributed by atoms with van der Waals surface area (Å²) in [6.07, 6.45) is 0. The molecule has 20 heavy (non-hydrogen) atoms. The zero-order valence-corrected chi connectivity index (χ0v) is 12.5. The first kappa shape index (κ1) is 11.9. The Bertz CT molecular complexity index is 775. The van der Waals surface area contributed by atoms with Crippen LogP contribution < -0.4 is 0 Å². The summed E-state index contributed by atoms with van der Waals surface area (Å²) in [5.74, 6) is 0.331. The predicted molar refractivity (Wildman–Crippen MR) is 87.0 cm³/mol. The van der Waals surface area contributed by atoms with Crippen molar-refractivity contribution in [1.82, 2.24) is 0 Å². The second-order valence-electron chi connectivity index (χ2n) is 5.13. The molecule has 1 unspecified atom stereocenters. The highest BCUT2D eigenvalue weighted by molar-refractivity contribution is 9.10. The fourth-order valence-corrected chi connectivity index (χ4v) is 3.80. The predicted octanol–water partition coefficient (Wildman–Crippen LogP) is 5.61. The first-order valence-corrected chi connectivity index (χ1v) is 7.58. The number of hydrogen-bond donors (Lipinski definition) is 0. The first-order chi connectivity index (χ1) is 9.86. The minimum atomic E-state index is 0.331. The van der Waals surface area contributed by atoms with Gasteiger partial charge in [-0.1, -0.05) is 82.7 Å². The van der Waals surface area contributed by atoms with Gasteiger partial charge in [0.15, 0.2) is 0 Å². The summed E-state index contributed by atoms with van der Waals surface area (Å²) in [7, 11) is 0. The minimum Gasteiger partial charge on any atom is -0.0622 e. The molecule has 0 bridgehead atoms. The lowest BCUT2D eigenvalue weighted by Crippen LogP contribution is -1.99. The standard InChI is InChI=1S/C19H13Br/c20-17-12-6-11-16-14-9-4-5-10-15(14)18(19(16)17)13-7-2-1-3-8-13/h1-12,18H. The Kier molecular flexibility index (Phi) is 2.75. The van der Waals surface area contributed by atoms with Gasteiger partial charge in [0.05, 0.1) is 0 Å². The lowest BCUT2D eigenvalue weighted by atomic mass is 9.89. The molecule has 96 valence electrons. The average Bonchev–Trinajstić information content (AvgIpc) is 2.84. The van der Waals surface area contributed by atoms with Crippen molar-refractivity contribution in [3.8, 4) is 11.1 Å². The van der Waals surface area contributed by atoms with Crippen LogP contribution in [0.2, 0.25) is 0 Å². The van der Waals surface area contributed by atoms with Gasteiger partial charge in [-0.3, -0.25) is 0 Å². The maximum Gasteiger partial charge on any atom is 0.0363 e. The molecular weight excluding hydrogens is 308 g/mol. The first-order valence-electron chi connectivity index (χ1n) is 6.79. The van der Waals surface area contributed by atoms with Gasteiger partial charge in [0.1, 0.15) is 0 Å². The molecule has 0 N–H and O–H groups in total. The van der Waals surface area contributed by atoms with E-state index < -0.39 is 0 Å². The molecule has 0 amide bonds. The van der Waals surface area contributed by atoms with Crippen LogP contribution in [0.15, 0.2) is 77.3 Å². The zero-order valence-electron chi connectivity index (χ0n) is 10.9. The molecule has 1 aliphatic carbocycles. The number of fused-ring (bicyclic) bond motifs is 3. The van der Waals surface area contributed by atoms with E-state index in [1.54, 1.807) is 0 Å². The van der Waals surface area contributed by atoms with E-state index in [-0.39, 0.29) is 0 Å². The molecular formula is C19H13Br. The Labute approximate surface area is 127 Å². The van der Waals surface area contributed by atoms with E-state index in [4.69, 9.17) is 0 Å². The third-order valence-electron chi connectivity index (χ3n) is 4.04. The van der Waals surface area contributed by atoms with Crippen molar-refractivity contribution >= 4 is 15.9 Å². The van der Waals surface area contributed by atoms with Crippen LogP contribution in [0.5, 0.6) is 0 Å². The van der Waals surface area contributed by atoms with Gasteiger partial charge in [-0.15, -0.1) is 0 Å². The van der Waals surface area contributed by atoms with E-state index in [9.17, 15) is 0 Å². The van der Waals surface area contributed by atoms with Crippen LogP contribution in [-0.4, -0.2) is 0 Å². The van der Waals surface area contributed by atoms with E-state index in [0.717, 1.165) is 0 Å². The maximum absolute atomic E-state index is 3.74. The summed E-state index contributed by atoms with van der Waals surface area (Å²) in [5.41, 5.74) is 6.85. The Morgan fingerprint density at radius 3 is 2.20 bits per heavy atom. The van der Waals surface area contributed by atoms with Crippen molar-refractivity contribution in [3.05, 3.63) is 94.0 Å². The van der Waals surface area contributed by atoms with Gasteiger partial charge in [0, 0.05) is 10.4 Å². The quantitative estimate of drug-likeness (QED) is 0.427. The van der Waals surface area contributed by atoms with Crippen LogP contribution in [0.4, 0.5) is 0 Å². The molecule has 4 rings (SSSR count). The van der Waals surface area contributed by atoms with E-state index in [1.807, 2.05) is 0 Å². The van der Waals surface area contributed by atoms with Crippen LogP contribution in [0, 0.1) is 0 Å². The van der Waals surface area contributed by atoms with Crippen molar-refractivity contribution in [3.63, 3.8) is 0 Å². The largest absolute Gasteiger partial charge is 0.0622 e. The monoisotopic (exact) mass is 320 g/mol. The molecule has 0 aliphatic heterocycles. The highest BCUT2D eigenvalue weighted by Crippen LogP contribution is 2.50. The molecule has 0 nitrogen and oxygen atoms in total. The molecule has 0 radical (unpaired) electrons. The Morgan fingerprint density at radius 2 is 1.35 bits per heavy atom. The van der Waals surface area contributed by atoms with Crippen LogP contribution in [0.25, 0.3) is 11.1 Å². The molecule has 0 saturated heterocycles. The second kappa shape index (κ2) is 4.60. The van der Waals surface area contributed by atoms with Gasteiger partial charge in [0.2, 0.25) is 0 Å². The fourth-order valence-electron chi connectivity index (χ4n) is 3.21. The molecule has 1 aliphatic rings. The zero-order chi connectivity index (χ0) is 13.5. The smallest absolute Gasteiger partial charge is 0.0363 e. The maximum atomic E-state index is 3.74. The molecule has 0 heterocycles. The summed E-state index contributed by atoms with van der Waals surface area (Å²) in [6.45, 7) is 0. The number of rotatable bonds is 1. The Morgan fingerprint density at radius 1 is 0.650 bits per heavy atom. The van der Waals surface area contributed by atoms with Crippen molar-refractivity contribution in [1.29, 1.82) is 0 Å². The molecule has 0 aromatic heterocycles. The Balaban J connectivity index is 2.05. The van der Waals surface area contributed by atoms with Gasteiger partial charge < -0.3 is 0 Å². The number of benzene rings is 3. The average molecular weight is 321 g/mol. The molecule has 3 aromatic rings. The SMILES string of the molecule is Brc1cccc2c1C(c1ccccc1)c1ccccc1-2. The van der Waals surface area contributed by atoms with Gasteiger partial charge >= 0.3 is 0 Å². The van der Waals surface area contributed by atoms with E-state index in [0.29, 0.717) is 5.92 Å². The lowest BCUT2D eigenvalue weighted by molar-refractivity contribution is 1.01. The van der Waals surface area contributed by atoms with Gasteiger partial charge in [-0.25, -0.2) is 0 Å². The highest BCUT2D eigenvalue weighted by atomic mass is 79.9. The lowest BCUT2D eigenvalue weighted by Gasteiger charge is -2.15. The van der Waals surface area contributed by atoms with Gasteiger partial charge in [-0.2, -0.15) is 0 Å². The third kappa shape index (κ3) is 1.66. The summed E-state index contributed by atoms with van der Waals surface area (Å²) in [4.78, 5) is 0. The molecule has 1 atom stereocenters. The summed E-state index contributed by atoms with van der Waals surface area (Å²) in [5, 5.41) is 0. The second-order valence-corrected chi connectivity index (χ2v) is 5.99. The Hall–Kier alpha value is -1.86. The fraction of sp³-hybridized carbons (Fsp3) is 0.0526. The van der Waals surface area contributed by atoms with E-state index in [2.05, 4.69) is 88.7 Å². The van der Waals surface area contributed by atoms with Crippen LogP contribution in [-0.2, 0) is 0 Å². The van der Waals surface area contributed by atoms with Gasteiger partial charge in [0.25, 0.3) is 0 Å². The van der Waals surface area contributed by atoms with E-state index >= 15 is 0 Å². The summed E-state index contributed by atoms with van der Waals surface area (Å²) < 4.78 is 1.19. The van der Waals surface area contributed by atoms with Crippen molar-refractivity contribution in [2.24, 2.45) is 0 Å². The summed E-state index contributed by atoms with van der Waals surface area (Å²) in [6, 6.07) is 26.0. The normalized spacial score (nSPS) is 15.8. The number of halogens is 1. The van der Waals surface area contributed by atoms with Crippen LogP contribution >= 0.6 is 15.9 Å². The molecule has 0 fully saturated rings. The number of hydrogen-bond acceptors (Lipinski definition) is 0. The van der Waals surface area contributed by atoms with Gasteiger partial charge in [-0.05, 0) is 33.9 Å². The summed E-state index contributed by atoms with van der Waals surface area (Å²) >= 11 is 3.74. The van der Waals surface area contributed by atoms with Crippen molar-refractivity contribution < 1.29 is 0 Å². The van der Waals surface area contributed by atoms with E-state index in [1.165, 1.54) is 32.3 Å². The minimum absolute atomic E-state index is 0.331. The molecule has 0 saturated carbocycles. The third-order valence-corrected chi connectivity index (χ3v) is 4.73. The van der Waals surface area contributed by atoms with Crippen LogP contribution in [0.3, 0.4) is 0 Å². The van der Waals surface area contributed by atoms with Crippen molar-refractivity contribution in [2.45, 2.75) is 5.92 Å². The molecule has 3 aromatic carbocycles. The topological polar surface area (TPSA) is 0 Å². The highest BCUT2D eigenvalue weighted by Gasteiger charge is 2.30. The molecule has 1 heteroatoms. The molecule has 0 spiro atoms. The van der Waals surface area contributed by atoms with Crippen molar-refractivity contribution in [2.75, 3.05) is 0 Å².